The molecule has 4 N–H and O–H groups in total. The first kappa shape index (κ1) is 22.9. The molecular formula is C19H18N6O5S3. The number of carbonyl (C=O) groups excluding carboxylic acids is 2. The van der Waals surface area contributed by atoms with E-state index in [1.54, 1.807) is 17.7 Å². The van der Waals surface area contributed by atoms with Gasteiger partial charge in [-0.3, -0.25) is 14.5 Å². The monoisotopic (exact) mass is 506 g/mol. The molecule has 11 nitrogen and oxygen atoms in total. The minimum Gasteiger partial charge on any atom is -0.477 e. The summed E-state index contributed by atoms with van der Waals surface area (Å²) in [6.07, 6.45) is 4.88. The number of fused-ring (bicyclic) bond motifs is 1. The number of aromatic nitrogens is 2. The molecule has 0 aliphatic carbocycles. The van der Waals surface area contributed by atoms with Gasteiger partial charge >= 0.3 is 5.97 Å². The van der Waals surface area contributed by atoms with Crippen molar-refractivity contribution in [2.24, 2.45) is 5.16 Å². The minimum atomic E-state index is -1.21. The molecule has 0 bridgehead atoms. The van der Waals surface area contributed by atoms with Crippen LogP contribution in [-0.2, 0) is 19.2 Å². The number of aliphatic carboxylic acids is 1. The molecule has 0 unspecified atom stereocenters. The molecule has 2 aromatic rings. The number of nitrogens with one attached hydrogen (secondary N) is 1. The van der Waals surface area contributed by atoms with Crippen molar-refractivity contribution in [1.29, 1.82) is 0 Å². The van der Waals surface area contributed by atoms with Gasteiger partial charge in [0.2, 0.25) is 0 Å². The van der Waals surface area contributed by atoms with Crippen molar-refractivity contribution in [1.82, 2.24) is 20.2 Å². The molecule has 2 atom stereocenters. The van der Waals surface area contributed by atoms with Crippen molar-refractivity contribution in [3.05, 3.63) is 44.5 Å². The van der Waals surface area contributed by atoms with Crippen molar-refractivity contribution in [2.75, 3.05) is 18.6 Å². The van der Waals surface area contributed by atoms with Gasteiger partial charge in [-0.15, -0.1) is 23.1 Å². The number of carboxylic acid groups (broad SMARTS) is 1. The zero-order chi connectivity index (χ0) is 23.7. The first-order valence-electron chi connectivity index (χ1n) is 9.44. The molecule has 0 spiro atoms. The Morgan fingerprint density at radius 3 is 2.79 bits per heavy atom. The van der Waals surface area contributed by atoms with Gasteiger partial charge < -0.3 is 21.0 Å². The van der Waals surface area contributed by atoms with Crippen LogP contribution in [0.2, 0.25) is 0 Å². The summed E-state index contributed by atoms with van der Waals surface area (Å²) in [4.78, 5) is 53.0. The first-order valence-corrected chi connectivity index (χ1v) is 12.2. The molecule has 2 aliphatic heterocycles. The number of nitrogens with two attached hydrogens (primary N) is 1. The van der Waals surface area contributed by atoms with Crippen molar-refractivity contribution in [3.8, 4) is 0 Å². The SMILES string of the molecule is CO/N=C(/C(=O)N[C@@H]1C(=O)N2C(C(=O)O)=C(/C=C\c3scnc3C)CS[C@H]12)c1cnc(N)s1. The lowest BCUT2D eigenvalue weighted by Crippen LogP contribution is -2.71. The third kappa shape index (κ3) is 4.36. The summed E-state index contributed by atoms with van der Waals surface area (Å²) in [7, 11) is 1.29. The average Bonchev–Trinajstić information content (AvgIpc) is 3.40. The standard InChI is InChI=1S/C19H18N6O5S3/c1-8-10(32-7-22-8)4-3-9-6-31-17-13(16(27)25(17)14(9)18(28)29)23-15(26)12(24-30-2)11-5-21-19(20)33-11/h3-5,7,13,17H,6H2,1-2H3,(H2,20,21)(H,23,26)(H,28,29)/b4-3-,24-12+/t13-,17-/m1/s1. The summed E-state index contributed by atoms with van der Waals surface area (Å²) in [6.45, 7) is 1.86. The number of nitrogen functional groups attached to an aromatic ring is 1. The van der Waals surface area contributed by atoms with Crippen molar-refractivity contribution in [3.63, 3.8) is 0 Å². The maximum atomic E-state index is 12.9. The van der Waals surface area contributed by atoms with Crippen molar-refractivity contribution >= 4 is 69.1 Å². The van der Waals surface area contributed by atoms with Gasteiger partial charge in [-0.25, -0.2) is 14.8 Å². The van der Waals surface area contributed by atoms with Crippen LogP contribution in [-0.4, -0.2) is 67.7 Å². The van der Waals surface area contributed by atoms with Crippen LogP contribution in [0.15, 0.2) is 34.2 Å². The molecule has 2 amide bonds. The van der Waals surface area contributed by atoms with E-state index in [1.165, 1.54) is 41.3 Å². The number of allylic oxidation sites excluding steroid dienone is 1. The Bertz CT molecular complexity index is 1220. The van der Waals surface area contributed by atoms with Crippen LogP contribution < -0.4 is 11.1 Å². The fourth-order valence-electron chi connectivity index (χ4n) is 3.31. The number of rotatable bonds is 7. The number of oxime groups is 1. The number of anilines is 1. The van der Waals surface area contributed by atoms with Gasteiger partial charge in [-0.05, 0) is 18.6 Å². The second kappa shape index (κ2) is 9.33. The smallest absolute Gasteiger partial charge is 0.352 e. The topological polar surface area (TPSA) is 160 Å². The number of hydrogen-bond acceptors (Lipinski definition) is 11. The highest BCUT2D eigenvalue weighted by atomic mass is 32.2. The van der Waals surface area contributed by atoms with Crippen LogP contribution in [0.25, 0.3) is 6.08 Å². The van der Waals surface area contributed by atoms with E-state index in [-0.39, 0.29) is 16.5 Å². The number of thiazole rings is 2. The fraction of sp³-hybridized carbons (Fsp3) is 0.263. The molecule has 2 aromatic heterocycles. The van der Waals surface area contributed by atoms with Crippen LogP contribution in [0.3, 0.4) is 0 Å². The third-order valence-electron chi connectivity index (χ3n) is 4.86. The molecule has 172 valence electrons. The highest BCUT2D eigenvalue weighted by molar-refractivity contribution is 8.00. The van der Waals surface area contributed by atoms with Gasteiger partial charge in [0.05, 0.1) is 16.1 Å². The van der Waals surface area contributed by atoms with E-state index >= 15 is 0 Å². The lowest BCUT2D eigenvalue weighted by Gasteiger charge is -2.49. The molecule has 4 heterocycles. The highest BCUT2D eigenvalue weighted by Gasteiger charge is 2.54. The average molecular weight is 507 g/mol. The number of nitrogens with zero attached hydrogens (tertiary/aromatic N) is 4. The van der Waals surface area contributed by atoms with Crippen LogP contribution in [0.1, 0.15) is 15.4 Å². The second-order valence-corrected chi connectivity index (χ2v) is 9.91. The van der Waals surface area contributed by atoms with Gasteiger partial charge in [0.25, 0.3) is 11.8 Å². The van der Waals surface area contributed by atoms with E-state index < -0.39 is 29.2 Å². The maximum Gasteiger partial charge on any atom is 0.352 e. The van der Waals surface area contributed by atoms with Gasteiger partial charge in [0, 0.05) is 16.8 Å². The molecule has 0 saturated carbocycles. The van der Waals surface area contributed by atoms with Crippen LogP contribution in [0.5, 0.6) is 0 Å². The van der Waals surface area contributed by atoms with E-state index in [0.717, 1.165) is 21.9 Å². The molecule has 33 heavy (non-hydrogen) atoms. The van der Waals surface area contributed by atoms with Crippen molar-refractivity contribution in [2.45, 2.75) is 18.3 Å². The largest absolute Gasteiger partial charge is 0.477 e. The minimum absolute atomic E-state index is 0.0729. The van der Waals surface area contributed by atoms with Crippen LogP contribution >= 0.6 is 34.4 Å². The normalized spacial score (nSPS) is 20.6. The van der Waals surface area contributed by atoms with Crippen molar-refractivity contribution < 1.29 is 24.3 Å². The van der Waals surface area contributed by atoms with Crippen LogP contribution in [0.4, 0.5) is 5.13 Å². The molecule has 1 fully saturated rings. The number of aryl methyl sites for hydroxylation is 1. The Balaban J connectivity index is 1.54. The summed E-state index contributed by atoms with van der Waals surface area (Å²) in [5, 5.41) is 15.9. The maximum absolute atomic E-state index is 12.9. The second-order valence-electron chi connectivity index (χ2n) is 6.86. The molecule has 0 radical (unpaired) electrons. The first-order chi connectivity index (χ1) is 15.8. The Morgan fingerprint density at radius 2 is 2.18 bits per heavy atom. The van der Waals surface area contributed by atoms with Gasteiger partial charge in [-0.1, -0.05) is 22.6 Å². The zero-order valence-corrected chi connectivity index (χ0v) is 19.8. The Morgan fingerprint density at radius 1 is 1.39 bits per heavy atom. The quantitative estimate of drug-likeness (QED) is 0.286. The summed E-state index contributed by atoms with van der Waals surface area (Å²) in [5.74, 6) is -2.01. The van der Waals surface area contributed by atoms with E-state index in [0.29, 0.717) is 16.2 Å². The molecular weight excluding hydrogens is 488 g/mol. The molecule has 0 aromatic carbocycles. The molecule has 14 heteroatoms. The number of hydrogen-bond donors (Lipinski definition) is 3. The zero-order valence-electron chi connectivity index (χ0n) is 17.3. The predicted octanol–water partition coefficient (Wildman–Crippen LogP) is 1.29. The van der Waals surface area contributed by atoms with Gasteiger partial charge in [0.1, 0.15) is 24.2 Å². The number of carbonyl (C=O) groups is 3. The van der Waals surface area contributed by atoms with Crippen LogP contribution in [0, 0.1) is 6.92 Å². The molecule has 2 aliphatic rings. The lowest BCUT2D eigenvalue weighted by molar-refractivity contribution is -0.150. The van der Waals surface area contributed by atoms with Gasteiger partial charge in [0.15, 0.2) is 10.8 Å². The molecule has 4 rings (SSSR count). The third-order valence-corrected chi connectivity index (χ3v) is 7.89. The van der Waals surface area contributed by atoms with E-state index in [4.69, 9.17) is 10.6 Å². The Labute approximate surface area is 200 Å². The number of amides is 2. The summed E-state index contributed by atoms with van der Waals surface area (Å²) < 4.78 is 0. The Hall–Kier alpha value is -3.23. The predicted molar refractivity (Wildman–Crippen MR) is 126 cm³/mol. The number of thioether (sulfide) groups is 1. The highest BCUT2D eigenvalue weighted by Crippen LogP contribution is 2.41. The van der Waals surface area contributed by atoms with E-state index in [2.05, 4.69) is 20.4 Å². The van der Waals surface area contributed by atoms with E-state index in [9.17, 15) is 19.5 Å². The fourth-order valence-corrected chi connectivity index (χ4v) is 5.99. The van der Waals surface area contributed by atoms with E-state index in [1.807, 2.05) is 6.92 Å². The summed E-state index contributed by atoms with van der Waals surface area (Å²) in [6, 6.07) is -0.904. The lowest BCUT2D eigenvalue weighted by atomic mass is 10.0. The van der Waals surface area contributed by atoms with Gasteiger partial charge in [-0.2, -0.15) is 0 Å². The Kier molecular flexibility index (Phi) is 6.49. The summed E-state index contributed by atoms with van der Waals surface area (Å²) in [5.41, 5.74) is 8.53. The number of carboxylic acids is 1. The molecule has 1 saturated heterocycles. The summed E-state index contributed by atoms with van der Waals surface area (Å²) >= 11 is 3.86. The number of β-lactam (4-membered cyclic amide) rings is 1.